The third kappa shape index (κ3) is 6.38. The molecule has 0 bridgehead atoms. The van der Waals surface area contributed by atoms with E-state index in [1.807, 2.05) is 20.8 Å². The van der Waals surface area contributed by atoms with Crippen LogP contribution < -0.4 is 16.2 Å². The van der Waals surface area contributed by atoms with E-state index in [0.29, 0.717) is 0 Å². The van der Waals surface area contributed by atoms with Gasteiger partial charge in [0.2, 0.25) is 10.0 Å². The largest absolute Gasteiger partial charge is 0.357 e. The standard InChI is InChI=1S/C14H21FN4O3S2/c1-14(2,3)16-13(23)18-17-12(20)9-19(4)24(21,22)11-7-5-10(15)6-8-11/h5-8H,9H2,1-4H3,(H,17,20)(H2,16,18,23). The summed E-state index contributed by atoms with van der Waals surface area (Å²) in [5.74, 6) is -1.14. The lowest BCUT2D eigenvalue weighted by Crippen LogP contribution is -2.53. The van der Waals surface area contributed by atoms with E-state index >= 15 is 0 Å². The van der Waals surface area contributed by atoms with Gasteiger partial charge in [0.1, 0.15) is 5.82 Å². The van der Waals surface area contributed by atoms with Crippen LogP contribution in [0, 0.1) is 5.82 Å². The highest BCUT2D eigenvalue weighted by Gasteiger charge is 2.23. The zero-order valence-corrected chi connectivity index (χ0v) is 15.5. The predicted octanol–water partition coefficient (Wildman–Crippen LogP) is 0.740. The van der Waals surface area contributed by atoms with Crippen molar-refractivity contribution in [3.63, 3.8) is 0 Å². The molecule has 1 aromatic carbocycles. The first-order valence-electron chi connectivity index (χ1n) is 7.01. The molecule has 1 amide bonds. The molecule has 0 aliphatic heterocycles. The van der Waals surface area contributed by atoms with Crippen LogP contribution in [0.4, 0.5) is 4.39 Å². The summed E-state index contributed by atoms with van der Waals surface area (Å²) >= 11 is 4.99. The number of hydrazine groups is 1. The maximum atomic E-state index is 12.9. The number of benzene rings is 1. The van der Waals surface area contributed by atoms with E-state index in [-0.39, 0.29) is 15.5 Å². The lowest BCUT2D eigenvalue weighted by Gasteiger charge is -2.23. The molecule has 0 unspecified atom stereocenters. The number of rotatable bonds is 4. The fraction of sp³-hybridized carbons (Fsp3) is 0.429. The molecule has 0 saturated heterocycles. The van der Waals surface area contributed by atoms with E-state index in [1.165, 1.54) is 7.05 Å². The van der Waals surface area contributed by atoms with E-state index in [1.54, 1.807) is 0 Å². The van der Waals surface area contributed by atoms with Crippen molar-refractivity contribution in [2.45, 2.75) is 31.2 Å². The van der Waals surface area contributed by atoms with Crippen molar-refractivity contribution in [3.8, 4) is 0 Å². The molecule has 0 aliphatic rings. The monoisotopic (exact) mass is 376 g/mol. The van der Waals surface area contributed by atoms with E-state index in [2.05, 4.69) is 16.2 Å². The van der Waals surface area contributed by atoms with Crippen molar-refractivity contribution in [2.75, 3.05) is 13.6 Å². The molecular formula is C14H21FN4O3S2. The molecule has 1 aromatic rings. The summed E-state index contributed by atoms with van der Waals surface area (Å²) in [7, 11) is -2.63. The summed E-state index contributed by atoms with van der Waals surface area (Å²) in [5.41, 5.74) is 4.52. The molecule has 3 N–H and O–H groups in total. The van der Waals surface area contributed by atoms with Gasteiger partial charge in [0.15, 0.2) is 5.11 Å². The molecule has 24 heavy (non-hydrogen) atoms. The molecule has 7 nitrogen and oxygen atoms in total. The Morgan fingerprint density at radius 2 is 1.75 bits per heavy atom. The summed E-state index contributed by atoms with van der Waals surface area (Å²) in [6, 6.07) is 4.36. The second kappa shape index (κ2) is 7.86. The van der Waals surface area contributed by atoms with Gasteiger partial charge in [-0.3, -0.25) is 15.6 Å². The summed E-state index contributed by atoms with van der Waals surface area (Å²) in [5, 5.41) is 3.14. The lowest BCUT2D eigenvalue weighted by molar-refractivity contribution is -0.121. The average Bonchev–Trinajstić information content (AvgIpc) is 2.43. The van der Waals surface area contributed by atoms with Gasteiger partial charge in [-0.15, -0.1) is 0 Å². The summed E-state index contributed by atoms with van der Waals surface area (Å²) in [4.78, 5) is 11.7. The minimum atomic E-state index is -3.89. The van der Waals surface area contributed by atoms with Gasteiger partial charge in [-0.2, -0.15) is 4.31 Å². The van der Waals surface area contributed by atoms with Crippen molar-refractivity contribution < 1.29 is 17.6 Å². The fourth-order valence-corrected chi connectivity index (χ4v) is 3.10. The van der Waals surface area contributed by atoms with Gasteiger partial charge in [-0.1, -0.05) is 0 Å². The number of likely N-dealkylation sites (N-methyl/N-ethyl adjacent to an activating group) is 1. The van der Waals surface area contributed by atoms with Crippen molar-refractivity contribution in [2.24, 2.45) is 0 Å². The van der Waals surface area contributed by atoms with Crippen molar-refractivity contribution >= 4 is 33.3 Å². The van der Waals surface area contributed by atoms with Crippen molar-refractivity contribution in [1.82, 2.24) is 20.5 Å². The summed E-state index contributed by atoms with van der Waals surface area (Å²) in [6.07, 6.45) is 0. The molecule has 0 aromatic heterocycles. The zero-order valence-electron chi connectivity index (χ0n) is 13.9. The Hall–Kier alpha value is -1.78. The van der Waals surface area contributed by atoms with Crippen molar-refractivity contribution in [1.29, 1.82) is 0 Å². The highest BCUT2D eigenvalue weighted by molar-refractivity contribution is 7.89. The van der Waals surface area contributed by atoms with Gasteiger partial charge >= 0.3 is 0 Å². The van der Waals surface area contributed by atoms with Crippen LogP contribution in [0.15, 0.2) is 29.2 Å². The first kappa shape index (κ1) is 20.3. The predicted molar refractivity (Wildman–Crippen MR) is 93.0 cm³/mol. The number of amides is 1. The number of hydrogen-bond donors (Lipinski definition) is 3. The van der Waals surface area contributed by atoms with Gasteiger partial charge < -0.3 is 5.32 Å². The minimum Gasteiger partial charge on any atom is -0.357 e. The van der Waals surface area contributed by atoms with Gasteiger partial charge in [0.25, 0.3) is 5.91 Å². The van der Waals surface area contributed by atoms with Crippen molar-refractivity contribution in [3.05, 3.63) is 30.1 Å². The fourth-order valence-electron chi connectivity index (χ4n) is 1.61. The molecule has 0 atom stereocenters. The first-order valence-corrected chi connectivity index (χ1v) is 8.85. The van der Waals surface area contributed by atoms with Crippen LogP contribution in [0.1, 0.15) is 20.8 Å². The Labute approximate surface area is 146 Å². The van der Waals surface area contributed by atoms with Crippen LogP contribution in [-0.2, 0) is 14.8 Å². The Kier molecular flexibility index (Phi) is 6.64. The first-order chi connectivity index (χ1) is 10.9. The summed E-state index contributed by atoms with van der Waals surface area (Å²) in [6.45, 7) is 5.26. The molecule has 0 spiro atoms. The summed E-state index contributed by atoms with van der Waals surface area (Å²) < 4.78 is 38.3. The van der Waals surface area contributed by atoms with E-state index in [9.17, 15) is 17.6 Å². The lowest BCUT2D eigenvalue weighted by atomic mass is 10.1. The van der Waals surface area contributed by atoms with E-state index in [0.717, 1.165) is 28.6 Å². The quantitative estimate of drug-likeness (QED) is 0.530. The van der Waals surface area contributed by atoms with Gasteiger partial charge in [0.05, 0.1) is 11.4 Å². The molecule has 0 aliphatic carbocycles. The normalized spacial score (nSPS) is 11.9. The average molecular weight is 376 g/mol. The molecule has 0 fully saturated rings. The number of carbonyl (C=O) groups excluding carboxylic acids is 1. The number of thiocarbonyl (C=S) groups is 1. The minimum absolute atomic E-state index is 0.0999. The molecule has 134 valence electrons. The number of sulfonamides is 1. The van der Waals surface area contributed by atoms with Crippen LogP contribution >= 0.6 is 12.2 Å². The second-order valence-electron chi connectivity index (χ2n) is 6.09. The Bertz CT molecular complexity index is 700. The SMILES string of the molecule is CN(CC(=O)NNC(=S)NC(C)(C)C)S(=O)(=O)c1ccc(F)cc1. The highest BCUT2D eigenvalue weighted by Crippen LogP contribution is 2.14. The molecular weight excluding hydrogens is 355 g/mol. The highest BCUT2D eigenvalue weighted by atomic mass is 32.2. The molecule has 10 heteroatoms. The molecule has 0 heterocycles. The van der Waals surface area contributed by atoms with E-state index < -0.39 is 28.3 Å². The number of halogens is 1. The maximum absolute atomic E-state index is 12.9. The number of nitrogens with zero attached hydrogens (tertiary/aromatic N) is 1. The smallest absolute Gasteiger partial charge is 0.253 e. The third-order valence-electron chi connectivity index (χ3n) is 2.69. The number of nitrogens with one attached hydrogen (secondary N) is 3. The van der Waals surface area contributed by atoms with E-state index in [4.69, 9.17) is 12.2 Å². The maximum Gasteiger partial charge on any atom is 0.253 e. The Morgan fingerprint density at radius 1 is 1.21 bits per heavy atom. The van der Waals surface area contributed by atoms with Crippen LogP contribution in [0.25, 0.3) is 0 Å². The number of hydrogen-bond acceptors (Lipinski definition) is 4. The second-order valence-corrected chi connectivity index (χ2v) is 8.55. The molecule has 0 radical (unpaired) electrons. The van der Waals surface area contributed by atoms with Crippen LogP contribution in [0.2, 0.25) is 0 Å². The van der Waals surface area contributed by atoms with Gasteiger partial charge in [-0.05, 0) is 57.3 Å². The van der Waals surface area contributed by atoms with Crippen LogP contribution in [0.5, 0.6) is 0 Å². The zero-order chi connectivity index (χ0) is 18.5. The van der Waals surface area contributed by atoms with Crippen LogP contribution in [0.3, 0.4) is 0 Å². The Morgan fingerprint density at radius 3 is 2.25 bits per heavy atom. The Balaban J connectivity index is 2.60. The van der Waals surface area contributed by atoms with Gasteiger partial charge in [-0.25, -0.2) is 12.8 Å². The molecule has 0 saturated carbocycles. The third-order valence-corrected chi connectivity index (χ3v) is 4.71. The number of carbonyl (C=O) groups is 1. The molecule has 1 rings (SSSR count). The van der Waals surface area contributed by atoms with Crippen LogP contribution in [-0.4, -0.2) is 42.9 Å². The van der Waals surface area contributed by atoms with Gasteiger partial charge in [0, 0.05) is 12.6 Å². The topological polar surface area (TPSA) is 90.5 Å².